The van der Waals surface area contributed by atoms with E-state index in [0.717, 1.165) is 31.0 Å². The summed E-state index contributed by atoms with van der Waals surface area (Å²) < 4.78 is 19.8. The van der Waals surface area contributed by atoms with Crippen LogP contribution in [0.2, 0.25) is 5.02 Å². The second-order valence-corrected chi connectivity index (χ2v) is 8.51. The van der Waals surface area contributed by atoms with Crippen LogP contribution in [-0.2, 0) is 0 Å². The number of halogens is 2. The number of benzene rings is 3. The van der Waals surface area contributed by atoms with Gasteiger partial charge in [0.1, 0.15) is 5.82 Å². The van der Waals surface area contributed by atoms with E-state index < -0.39 is 5.97 Å². The number of carbonyl (C=O) groups is 1. The zero-order valence-electron chi connectivity index (χ0n) is 17.7. The first-order chi connectivity index (χ1) is 16.1. The van der Waals surface area contributed by atoms with E-state index in [4.69, 9.17) is 16.3 Å². The molecule has 0 saturated carbocycles. The number of aromatic nitrogens is 2. The molecule has 1 saturated heterocycles. The highest BCUT2D eigenvalue weighted by Gasteiger charge is 2.24. The number of carbonyl (C=O) groups excluding carboxylic acids is 1. The van der Waals surface area contributed by atoms with Crippen LogP contribution in [-0.4, -0.2) is 29.0 Å². The fourth-order valence-electron chi connectivity index (χ4n) is 4.29. The molecule has 5 rings (SSSR count). The van der Waals surface area contributed by atoms with Crippen LogP contribution in [0.15, 0.2) is 73.1 Å². The minimum atomic E-state index is -0.524. The van der Waals surface area contributed by atoms with Crippen LogP contribution in [0.5, 0.6) is 5.75 Å². The zero-order valence-corrected chi connectivity index (χ0v) is 18.5. The lowest BCUT2D eigenvalue weighted by atomic mass is 9.89. The second kappa shape index (κ2) is 9.16. The highest BCUT2D eigenvalue weighted by molar-refractivity contribution is 6.30. The fourth-order valence-corrected chi connectivity index (χ4v) is 4.49. The lowest BCUT2D eigenvalue weighted by Gasteiger charge is -2.34. The number of anilines is 1. The molecule has 7 heteroatoms. The molecule has 1 fully saturated rings. The number of esters is 1. The molecule has 0 unspecified atom stereocenters. The number of hydrogen-bond acceptors (Lipinski definition) is 5. The first-order valence-corrected chi connectivity index (χ1v) is 11.2. The molecular weight excluding hydrogens is 441 g/mol. The van der Waals surface area contributed by atoms with Crippen molar-refractivity contribution < 1.29 is 13.9 Å². The number of nitrogens with zero attached hydrogens (tertiary/aromatic N) is 3. The van der Waals surface area contributed by atoms with Crippen molar-refractivity contribution in [3.8, 4) is 5.75 Å². The molecule has 2 heterocycles. The summed E-state index contributed by atoms with van der Waals surface area (Å²) in [6.45, 7) is 1.44. The summed E-state index contributed by atoms with van der Waals surface area (Å²) >= 11 is 6.15. The lowest BCUT2D eigenvalue weighted by molar-refractivity contribution is 0.0735. The summed E-state index contributed by atoms with van der Waals surface area (Å²) in [6.07, 6.45) is 4.96. The molecular formula is C26H21ClFN3O2. The molecule has 1 aliphatic rings. The van der Waals surface area contributed by atoms with Crippen molar-refractivity contribution in [2.45, 2.75) is 18.8 Å². The van der Waals surface area contributed by atoms with E-state index in [1.54, 1.807) is 30.6 Å². The minimum Gasteiger partial charge on any atom is -0.421 e. The molecule has 1 aliphatic heterocycles. The smallest absolute Gasteiger partial charge is 0.343 e. The van der Waals surface area contributed by atoms with E-state index in [1.807, 2.05) is 18.2 Å². The van der Waals surface area contributed by atoms with Crippen molar-refractivity contribution in [2.75, 3.05) is 18.0 Å². The fraction of sp³-hybridized carbons (Fsp3) is 0.192. The van der Waals surface area contributed by atoms with E-state index in [2.05, 4.69) is 20.9 Å². The van der Waals surface area contributed by atoms with Crippen LogP contribution in [0.1, 0.15) is 34.7 Å². The monoisotopic (exact) mass is 461 g/mol. The number of piperidine rings is 1. The molecule has 166 valence electrons. The summed E-state index contributed by atoms with van der Waals surface area (Å²) in [4.78, 5) is 23.4. The maximum Gasteiger partial charge on any atom is 0.343 e. The van der Waals surface area contributed by atoms with Crippen molar-refractivity contribution in [1.82, 2.24) is 9.97 Å². The Bertz CT molecular complexity index is 1320. The molecule has 1 aromatic heterocycles. The largest absolute Gasteiger partial charge is 0.421 e. The van der Waals surface area contributed by atoms with Crippen LogP contribution in [0.3, 0.4) is 0 Å². The quantitative estimate of drug-likeness (QED) is 0.274. The first kappa shape index (κ1) is 21.3. The lowest BCUT2D eigenvalue weighted by Crippen LogP contribution is -2.33. The average Bonchev–Trinajstić information content (AvgIpc) is 2.85. The van der Waals surface area contributed by atoms with Gasteiger partial charge in [-0.1, -0.05) is 23.7 Å². The highest BCUT2D eigenvalue weighted by Crippen LogP contribution is 2.36. The van der Waals surface area contributed by atoms with E-state index in [0.29, 0.717) is 34.0 Å². The summed E-state index contributed by atoms with van der Waals surface area (Å²) in [5.41, 5.74) is 3.45. The van der Waals surface area contributed by atoms with E-state index in [9.17, 15) is 9.18 Å². The normalized spacial score (nSPS) is 14.4. The molecule has 0 radical (unpaired) electrons. The van der Waals surface area contributed by atoms with E-state index in [1.165, 1.54) is 23.8 Å². The predicted octanol–water partition coefficient (Wildman–Crippen LogP) is 6.03. The summed E-state index contributed by atoms with van der Waals surface area (Å²) in [5, 5.41) is 0.730. The molecule has 0 N–H and O–H groups in total. The van der Waals surface area contributed by atoms with Gasteiger partial charge in [-0.3, -0.25) is 9.97 Å². The van der Waals surface area contributed by atoms with Crippen LogP contribution in [0, 0.1) is 5.82 Å². The van der Waals surface area contributed by atoms with Crippen molar-refractivity contribution in [3.05, 3.63) is 95.0 Å². The Morgan fingerprint density at radius 2 is 1.76 bits per heavy atom. The Balaban J connectivity index is 1.34. The molecule has 3 aromatic carbocycles. The van der Waals surface area contributed by atoms with Gasteiger partial charge in [-0.2, -0.15) is 0 Å². The SMILES string of the molecule is O=C(Oc1ccc(F)cc1N1CCC(c2cccc(Cl)c2)CC1)c1ccc2nccnc2c1. The second-order valence-electron chi connectivity index (χ2n) is 8.08. The zero-order chi connectivity index (χ0) is 22.8. The minimum absolute atomic E-state index is 0.335. The molecule has 0 amide bonds. The topological polar surface area (TPSA) is 55.3 Å². The molecule has 0 spiro atoms. The third-order valence-electron chi connectivity index (χ3n) is 5.98. The standard InChI is InChI=1S/C26H21ClFN3O2/c27-20-3-1-2-18(14-20)17-8-12-31(13-9-17)24-16-21(28)5-7-25(24)33-26(32)19-4-6-22-23(15-19)30-11-10-29-22/h1-7,10-11,14-17H,8-9,12-13H2. The number of rotatable bonds is 4. The van der Waals surface area contributed by atoms with Crippen LogP contribution in [0.4, 0.5) is 10.1 Å². The van der Waals surface area contributed by atoms with Gasteiger partial charge in [0.25, 0.3) is 0 Å². The van der Waals surface area contributed by atoms with Crippen LogP contribution >= 0.6 is 11.6 Å². The Labute approximate surface area is 195 Å². The Morgan fingerprint density at radius 3 is 2.55 bits per heavy atom. The maximum atomic E-state index is 14.1. The Kier molecular flexibility index (Phi) is 5.92. The first-order valence-electron chi connectivity index (χ1n) is 10.8. The molecule has 4 aromatic rings. The van der Waals surface area contributed by atoms with E-state index in [-0.39, 0.29) is 5.82 Å². The van der Waals surface area contributed by atoms with Gasteiger partial charge >= 0.3 is 5.97 Å². The van der Waals surface area contributed by atoms with Gasteiger partial charge < -0.3 is 9.64 Å². The maximum absolute atomic E-state index is 14.1. The Morgan fingerprint density at radius 1 is 0.970 bits per heavy atom. The molecule has 0 atom stereocenters. The molecule has 0 bridgehead atoms. The van der Waals surface area contributed by atoms with Gasteiger partial charge in [0, 0.05) is 36.6 Å². The van der Waals surface area contributed by atoms with Crippen LogP contribution < -0.4 is 9.64 Å². The summed E-state index contributed by atoms with van der Waals surface area (Å²) in [7, 11) is 0. The van der Waals surface area contributed by atoms with Crippen molar-refractivity contribution >= 4 is 34.3 Å². The summed E-state index contributed by atoms with van der Waals surface area (Å²) in [5.74, 6) is -0.174. The average molecular weight is 462 g/mol. The van der Waals surface area contributed by atoms with Crippen molar-refractivity contribution in [2.24, 2.45) is 0 Å². The van der Waals surface area contributed by atoms with Gasteiger partial charge in [-0.05, 0) is 66.8 Å². The van der Waals surface area contributed by atoms with E-state index >= 15 is 0 Å². The van der Waals surface area contributed by atoms with Gasteiger partial charge in [0.05, 0.1) is 22.3 Å². The summed E-state index contributed by atoms with van der Waals surface area (Å²) in [6, 6.07) is 17.2. The van der Waals surface area contributed by atoms with Gasteiger partial charge in [0.15, 0.2) is 5.75 Å². The van der Waals surface area contributed by atoms with Gasteiger partial charge in [-0.25, -0.2) is 9.18 Å². The number of hydrogen-bond donors (Lipinski definition) is 0. The highest BCUT2D eigenvalue weighted by atomic mass is 35.5. The number of ether oxygens (including phenoxy) is 1. The van der Waals surface area contributed by atoms with Gasteiger partial charge in [0.2, 0.25) is 0 Å². The molecule has 5 nitrogen and oxygen atoms in total. The predicted molar refractivity (Wildman–Crippen MR) is 127 cm³/mol. The van der Waals surface area contributed by atoms with Gasteiger partial charge in [-0.15, -0.1) is 0 Å². The Hall–Kier alpha value is -3.51. The molecule has 33 heavy (non-hydrogen) atoms. The van der Waals surface area contributed by atoms with Crippen LogP contribution in [0.25, 0.3) is 11.0 Å². The van der Waals surface area contributed by atoms with Crippen molar-refractivity contribution in [1.29, 1.82) is 0 Å². The third-order valence-corrected chi connectivity index (χ3v) is 6.22. The number of fused-ring (bicyclic) bond motifs is 1. The molecule has 0 aliphatic carbocycles. The van der Waals surface area contributed by atoms with Crippen molar-refractivity contribution in [3.63, 3.8) is 0 Å². The third kappa shape index (κ3) is 4.66.